The summed E-state index contributed by atoms with van der Waals surface area (Å²) in [6.45, 7) is 1.23. The molecular formula is C20H18FN5O2. The van der Waals surface area contributed by atoms with E-state index in [0.717, 1.165) is 0 Å². The summed E-state index contributed by atoms with van der Waals surface area (Å²) in [6, 6.07) is 12.5. The predicted octanol–water partition coefficient (Wildman–Crippen LogP) is 2.99. The number of aromatic nitrogens is 2. The second kappa shape index (κ2) is 7.15. The molecule has 0 fully saturated rings. The molecule has 1 aromatic heterocycles. The number of fused-ring (bicyclic) bond motifs is 1. The Hall–Kier alpha value is -3.68. The van der Waals surface area contributed by atoms with E-state index in [1.807, 2.05) is 29.2 Å². The number of carbonyl (C=O) groups excluding carboxylic acids is 1. The van der Waals surface area contributed by atoms with Gasteiger partial charge in [-0.3, -0.25) is 4.79 Å². The van der Waals surface area contributed by atoms with Gasteiger partial charge in [-0.25, -0.2) is 9.37 Å². The molecule has 4 rings (SSSR count). The summed E-state index contributed by atoms with van der Waals surface area (Å²) < 4.78 is 18.8. The molecule has 142 valence electrons. The molecule has 2 heterocycles. The number of nitrogens with two attached hydrogens (primary N) is 1. The number of nitrogens with zero attached hydrogens (tertiary/aromatic N) is 3. The lowest BCUT2D eigenvalue weighted by Crippen LogP contribution is -2.23. The number of carbonyl (C=O) groups is 1. The molecule has 3 N–H and O–H groups in total. The fraction of sp³-hybridized carbons (Fsp3) is 0.150. The van der Waals surface area contributed by atoms with E-state index in [0.29, 0.717) is 24.6 Å². The Morgan fingerprint density at radius 1 is 1.21 bits per heavy atom. The van der Waals surface area contributed by atoms with Crippen LogP contribution in [0.3, 0.4) is 0 Å². The second-order valence-corrected chi connectivity index (χ2v) is 6.39. The Labute approximate surface area is 161 Å². The van der Waals surface area contributed by atoms with E-state index in [-0.39, 0.29) is 17.3 Å². The summed E-state index contributed by atoms with van der Waals surface area (Å²) >= 11 is 0. The zero-order valence-electron chi connectivity index (χ0n) is 15.1. The van der Waals surface area contributed by atoms with Gasteiger partial charge in [0.2, 0.25) is 5.95 Å². The van der Waals surface area contributed by atoms with Gasteiger partial charge in [0.1, 0.15) is 11.4 Å². The summed E-state index contributed by atoms with van der Waals surface area (Å²) in [4.78, 5) is 22.5. The first kappa shape index (κ1) is 17.7. The number of benzene rings is 2. The highest BCUT2D eigenvalue weighted by Crippen LogP contribution is 2.30. The number of amides is 1. The van der Waals surface area contributed by atoms with E-state index in [9.17, 15) is 9.18 Å². The van der Waals surface area contributed by atoms with Crippen LogP contribution in [0.15, 0.2) is 48.7 Å². The van der Waals surface area contributed by atoms with Crippen LogP contribution in [0.1, 0.15) is 21.5 Å². The van der Waals surface area contributed by atoms with Crippen LogP contribution in [0.25, 0.3) is 0 Å². The van der Waals surface area contributed by atoms with Crippen molar-refractivity contribution in [1.82, 2.24) is 9.97 Å². The molecule has 2 aromatic carbocycles. The molecule has 0 spiro atoms. The first-order valence-electron chi connectivity index (χ1n) is 8.64. The Balaban J connectivity index is 1.65. The lowest BCUT2D eigenvalue weighted by atomic mass is 10.1. The van der Waals surface area contributed by atoms with Crippen molar-refractivity contribution in [3.8, 4) is 5.75 Å². The van der Waals surface area contributed by atoms with Gasteiger partial charge in [0.15, 0.2) is 11.6 Å². The molecule has 1 amide bonds. The third-order valence-corrected chi connectivity index (χ3v) is 4.58. The molecular weight excluding hydrogens is 361 g/mol. The molecule has 7 nitrogen and oxygen atoms in total. The Morgan fingerprint density at radius 2 is 1.93 bits per heavy atom. The molecule has 0 radical (unpaired) electrons. The number of primary amides is 1. The van der Waals surface area contributed by atoms with Crippen LogP contribution in [0.4, 0.5) is 21.8 Å². The van der Waals surface area contributed by atoms with E-state index in [4.69, 9.17) is 10.5 Å². The van der Waals surface area contributed by atoms with Crippen LogP contribution >= 0.6 is 0 Å². The average Bonchev–Trinajstić information content (AvgIpc) is 3.12. The van der Waals surface area contributed by atoms with Crippen LogP contribution in [0, 0.1) is 5.82 Å². The van der Waals surface area contributed by atoms with Crippen LogP contribution < -0.4 is 20.7 Å². The summed E-state index contributed by atoms with van der Waals surface area (Å²) in [7, 11) is 1.40. The van der Waals surface area contributed by atoms with Gasteiger partial charge in [0.25, 0.3) is 5.91 Å². The molecule has 0 bridgehead atoms. The predicted molar refractivity (Wildman–Crippen MR) is 103 cm³/mol. The van der Waals surface area contributed by atoms with Crippen LogP contribution in [-0.4, -0.2) is 23.0 Å². The Kier molecular flexibility index (Phi) is 4.52. The number of halogens is 1. The maximum atomic E-state index is 13.9. The molecule has 28 heavy (non-hydrogen) atoms. The highest BCUT2D eigenvalue weighted by atomic mass is 19.1. The van der Waals surface area contributed by atoms with E-state index in [2.05, 4.69) is 15.3 Å². The van der Waals surface area contributed by atoms with E-state index >= 15 is 0 Å². The number of rotatable bonds is 5. The Bertz CT molecular complexity index is 1030. The van der Waals surface area contributed by atoms with Gasteiger partial charge >= 0.3 is 0 Å². The van der Waals surface area contributed by atoms with Crippen molar-refractivity contribution in [2.24, 2.45) is 5.73 Å². The first-order valence-corrected chi connectivity index (χ1v) is 8.64. The number of anilines is 3. The van der Waals surface area contributed by atoms with Crippen molar-refractivity contribution < 1.29 is 13.9 Å². The van der Waals surface area contributed by atoms with Gasteiger partial charge in [-0.05, 0) is 23.3 Å². The van der Waals surface area contributed by atoms with Gasteiger partial charge in [0.05, 0.1) is 7.11 Å². The largest absolute Gasteiger partial charge is 0.494 e. The minimum Gasteiger partial charge on any atom is -0.494 e. The molecule has 3 aromatic rings. The molecule has 0 aliphatic carbocycles. The van der Waals surface area contributed by atoms with Crippen molar-refractivity contribution >= 4 is 23.4 Å². The molecule has 0 atom stereocenters. The minimum atomic E-state index is -0.604. The van der Waals surface area contributed by atoms with Crippen molar-refractivity contribution in [3.63, 3.8) is 0 Å². The number of methoxy groups -OCH3 is 1. The highest BCUT2D eigenvalue weighted by Gasteiger charge is 2.24. The minimum absolute atomic E-state index is 0.145. The van der Waals surface area contributed by atoms with Crippen LogP contribution in [0.5, 0.6) is 5.75 Å². The molecule has 0 unspecified atom stereocenters. The quantitative estimate of drug-likeness (QED) is 0.708. The van der Waals surface area contributed by atoms with Crippen molar-refractivity contribution in [2.45, 2.75) is 13.1 Å². The average molecular weight is 379 g/mol. The third-order valence-electron chi connectivity index (χ3n) is 4.58. The maximum Gasteiger partial charge on any atom is 0.254 e. The van der Waals surface area contributed by atoms with E-state index in [1.54, 1.807) is 6.07 Å². The van der Waals surface area contributed by atoms with Crippen molar-refractivity contribution in [1.29, 1.82) is 0 Å². The summed E-state index contributed by atoms with van der Waals surface area (Å²) in [6.07, 6.45) is 1.38. The monoisotopic (exact) mass is 379 g/mol. The SMILES string of the molecule is COc1ccc(Nc2ncc(C(N)=O)c(N3Cc4ccccc4C3)n2)cc1F. The first-order chi connectivity index (χ1) is 13.5. The molecule has 1 aliphatic rings. The molecule has 8 heteroatoms. The van der Waals surface area contributed by atoms with E-state index in [1.165, 1.54) is 36.6 Å². The van der Waals surface area contributed by atoms with Gasteiger partial charge in [-0.15, -0.1) is 0 Å². The lowest BCUT2D eigenvalue weighted by molar-refractivity contribution is 0.1000. The van der Waals surface area contributed by atoms with Crippen molar-refractivity contribution in [2.75, 3.05) is 17.3 Å². The maximum absolute atomic E-state index is 13.9. The smallest absolute Gasteiger partial charge is 0.254 e. The highest BCUT2D eigenvalue weighted by molar-refractivity contribution is 5.97. The number of ether oxygens (including phenoxy) is 1. The second-order valence-electron chi connectivity index (χ2n) is 6.39. The number of hydrogen-bond acceptors (Lipinski definition) is 6. The zero-order valence-corrected chi connectivity index (χ0v) is 15.1. The molecule has 0 saturated heterocycles. The third kappa shape index (κ3) is 3.32. The van der Waals surface area contributed by atoms with Crippen LogP contribution in [-0.2, 0) is 13.1 Å². The lowest BCUT2D eigenvalue weighted by Gasteiger charge is -2.19. The summed E-state index contributed by atoms with van der Waals surface area (Å²) in [5.74, 6) is -0.286. The normalized spacial score (nSPS) is 12.6. The van der Waals surface area contributed by atoms with Gasteiger partial charge in [-0.1, -0.05) is 24.3 Å². The Morgan fingerprint density at radius 3 is 2.54 bits per heavy atom. The summed E-state index contributed by atoms with van der Waals surface area (Å²) in [5.41, 5.74) is 8.55. The number of nitrogens with one attached hydrogen (secondary N) is 1. The standard InChI is InChI=1S/C20H18FN5O2/c1-28-17-7-6-14(8-16(17)21)24-20-23-9-15(18(22)27)19(25-20)26-10-12-4-2-3-5-13(12)11-26/h2-9H,10-11H2,1H3,(H2,22,27)(H,23,24,25). The van der Waals surface area contributed by atoms with Gasteiger partial charge in [-0.2, -0.15) is 4.98 Å². The van der Waals surface area contributed by atoms with Crippen LogP contribution in [0.2, 0.25) is 0 Å². The molecule has 1 aliphatic heterocycles. The fourth-order valence-electron chi connectivity index (χ4n) is 3.20. The van der Waals surface area contributed by atoms with E-state index < -0.39 is 11.7 Å². The zero-order chi connectivity index (χ0) is 19.7. The topological polar surface area (TPSA) is 93.4 Å². The van der Waals surface area contributed by atoms with Gasteiger partial charge in [0, 0.05) is 31.0 Å². The number of hydrogen-bond donors (Lipinski definition) is 2. The van der Waals surface area contributed by atoms with Gasteiger partial charge < -0.3 is 20.7 Å². The molecule has 0 saturated carbocycles. The van der Waals surface area contributed by atoms with Crippen molar-refractivity contribution in [3.05, 3.63) is 71.2 Å². The fourth-order valence-corrected chi connectivity index (χ4v) is 3.20. The summed E-state index contributed by atoms with van der Waals surface area (Å²) in [5, 5.41) is 2.95.